The lowest BCUT2D eigenvalue weighted by Crippen LogP contribution is -2.22. The molecule has 0 bridgehead atoms. The van der Waals surface area contributed by atoms with Gasteiger partial charge in [0.05, 0.1) is 12.2 Å². The zero-order valence-corrected chi connectivity index (χ0v) is 14.4. The molecule has 0 unspecified atom stereocenters. The summed E-state index contributed by atoms with van der Waals surface area (Å²) in [7, 11) is 0. The zero-order valence-electron chi connectivity index (χ0n) is 14.4. The molecule has 0 aliphatic carbocycles. The van der Waals surface area contributed by atoms with Crippen molar-refractivity contribution in [1.82, 2.24) is 0 Å². The fourth-order valence-corrected chi connectivity index (χ4v) is 1.74. The van der Waals surface area contributed by atoms with Crippen LogP contribution in [0.1, 0.15) is 45.4 Å². The van der Waals surface area contributed by atoms with Gasteiger partial charge in [0.25, 0.3) is 0 Å². The van der Waals surface area contributed by atoms with Crippen LogP contribution in [0.15, 0.2) is 60.8 Å². The molecule has 134 valence electrons. The number of carboxylic acids is 1. The molecule has 4 nitrogen and oxygen atoms in total. The van der Waals surface area contributed by atoms with Crippen molar-refractivity contribution in [3.8, 4) is 0 Å². The lowest BCUT2D eigenvalue weighted by molar-refractivity contribution is -0.305. The van der Waals surface area contributed by atoms with Crippen LogP contribution in [0.5, 0.6) is 0 Å². The van der Waals surface area contributed by atoms with Crippen molar-refractivity contribution < 1.29 is 20.1 Å². The van der Waals surface area contributed by atoms with Crippen molar-refractivity contribution in [2.24, 2.45) is 0 Å². The van der Waals surface area contributed by atoms with Crippen LogP contribution < -0.4 is 5.11 Å². The van der Waals surface area contributed by atoms with Gasteiger partial charge in [-0.15, -0.1) is 0 Å². The Labute approximate surface area is 145 Å². The van der Waals surface area contributed by atoms with Crippen molar-refractivity contribution in [2.45, 2.75) is 57.7 Å². The number of rotatable bonds is 13. The summed E-state index contributed by atoms with van der Waals surface area (Å²) in [6.45, 7) is 1.93. The molecule has 0 rings (SSSR count). The number of hydrogen-bond acceptors (Lipinski definition) is 4. The third kappa shape index (κ3) is 16.5. The molecule has 0 heterocycles. The standard InChI is InChI=1S/C20H30O4/c1-2-18(21)14-11-9-7-5-3-4-6-8-10-12-15-19(22)16-13-17-20(23)24/h3-4,7-12,14-15,18-19,21-22H,2,5-6,13,16-17H2,1H3,(H,23,24)/p-1/b4-3-,9-7-,10-8-,14-11+,15-12+/t18-,19-/m1/s1. The lowest BCUT2D eigenvalue weighted by atomic mass is 10.1. The summed E-state index contributed by atoms with van der Waals surface area (Å²) in [5.41, 5.74) is 0. The topological polar surface area (TPSA) is 80.6 Å². The zero-order chi connectivity index (χ0) is 18.0. The Bertz CT molecular complexity index is 458. The van der Waals surface area contributed by atoms with E-state index in [9.17, 15) is 20.1 Å². The quantitative estimate of drug-likeness (QED) is 0.401. The van der Waals surface area contributed by atoms with E-state index in [1.165, 1.54) is 0 Å². The highest BCUT2D eigenvalue weighted by Crippen LogP contribution is 2.02. The number of allylic oxidation sites excluding steroid dienone is 8. The van der Waals surface area contributed by atoms with Gasteiger partial charge in [0.15, 0.2) is 0 Å². The summed E-state index contributed by atoms with van der Waals surface area (Å²) in [4.78, 5) is 10.2. The second kappa shape index (κ2) is 16.0. The highest BCUT2D eigenvalue weighted by molar-refractivity contribution is 5.64. The van der Waals surface area contributed by atoms with E-state index in [2.05, 4.69) is 12.2 Å². The maximum atomic E-state index is 10.2. The molecule has 2 atom stereocenters. The lowest BCUT2D eigenvalue weighted by Gasteiger charge is -2.04. The van der Waals surface area contributed by atoms with Crippen LogP contribution in [0.25, 0.3) is 0 Å². The van der Waals surface area contributed by atoms with Crippen molar-refractivity contribution in [3.05, 3.63) is 60.8 Å². The molecule has 0 saturated carbocycles. The average Bonchev–Trinajstić information content (AvgIpc) is 2.55. The Balaban J connectivity index is 3.73. The van der Waals surface area contributed by atoms with Crippen LogP contribution in [0, 0.1) is 0 Å². The second-order valence-electron chi connectivity index (χ2n) is 5.38. The summed E-state index contributed by atoms with van der Waals surface area (Å²) >= 11 is 0. The molecule has 0 amide bonds. The molecule has 24 heavy (non-hydrogen) atoms. The highest BCUT2D eigenvalue weighted by atomic mass is 16.4. The number of carbonyl (C=O) groups is 1. The predicted octanol–water partition coefficient (Wildman–Crippen LogP) is 2.60. The Hall–Kier alpha value is -1.91. The highest BCUT2D eigenvalue weighted by Gasteiger charge is 1.97. The smallest absolute Gasteiger partial charge is 0.0724 e. The Morgan fingerprint density at radius 1 is 0.917 bits per heavy atom. The minimum Gasteiger partial charge on any atom is -0.550 e. The summed E-state index contributed by atoms with van der Waals surface area (Å²) in [6.07, 6.45) is 21.1. The van der Waals surface area contributed by atoms with Crippen LogP contribution in [-0.2, 0) is 4.79 Å². The van der Waals surface area contributed by atoms with Gasteiger partial charge in [0.2, 0.25) is 0 Å². The summed E-state index contributed by atoms with van der Waals surface area (Å²) < 4.78 is 0. The Morgan fingerprint density at radius 2 is 1.46 bits per heavy atom. The van der Waals surface area contributed by atoms with Gasteiger partial charge in [0, 0.05) is 5.97 Å². The number of carboxylic acid groups (broad SMARTS) is 1. The largest absolute Gasteiger partial charge is 0.550 e. The van der Waals surface area contributed by atoms with Crippen LogP contribution in [-0.4, -0.2) is 28.4 Å². The molecular formula is C20H29O4-. The van der Waals surface area contributed by atoms with Gasteiger partial charge in [-0.2, -0.15) is 0 Å². The SMILES string of the molecule is CC[C@@H](O)/C=C/C=C\C/C=C\C/C=C\C=C\[C@@H](O)CCCC(=O)[O-]. The van der Waals surface area contributed by atoms with Crippen molar-refractivity contribution in [3.63, 3.8) is 0 Å². The van der Waals surface area contributed by atoms with Crippen LogP contribution in [0.3, 0.4) is 0 Å². The summed E-state index contributed by atoms with van der Waals surface area (Å²) in [5.74, 6) is -1.08. The normalized spacial score (nSPS) is 15.5. The van der Waals surface area contributed by atoms with E-state index >= 15 is 0 Å². The first-order valence-electron chi connectivity index (χ1n) is 8.43. The Morgan fingerprint density at radius 3 is 1.96 bits per heavy atom. The van der Waals surface area contributed by atoms with Gasteiger partial charge in [-0.05, 0) is 38.5 Å². The molecule has 0 aliphatic rings. The van der Waals surface area contributed by atoms with E-state index in [0.717, 1.165) is 19.3 Å². The summed E-state index contributed by atoms with van der Waals surface area (Å²) in [5, 5.41) is 29.1. The van der Waals surface area contributed by atoms with Gasteiger partial charge >= 0.3 is 0 Å². The fraction of sp³-hybridized carbons (Fsp3) is 0.450. The van der Waals surface area contributed by atoms with Gasteiger partial charge < -0.3 is 20.1 Å². The van der Waals surface area contributed by atoms with Gasteiger partial charge in [-0.1, -0.05) is 67.7 Å². The molecule has 2 N–H and O–H groups in total. The molecule has 0 aromatic heterocycles. The number of aliphatic hydroxyl groups is 2. The molecule has 0 aromatic carbocycles. The number of hydrogen-bond donors (Lipinski definition) is 2. The monoisotopic (exact) mass is 333 g/mol. The van der Waals surface area contributed by atoms with Crippen molar-refractivity contribution in [2.75, 3.05) is 0 Å². The maximum absolute atomic E-state index is 10.2. The van der Waals surface area contributed by atoms with E-state index in [1.54, 1.807) is 18.2 Å². The Kier molecular flexibility index (Phi) is 14.7. The second-order valence-corrected chi connectivity index (χ2v) is 5.38. The van der Waals surface area contributed by atoms with Crippen molar-refractivity contribution >= 4 is 5.97 Å². The molecule has 0 spiro atoms. The number of aliphatic carboxylic acids is 1. The first-order valence-corrected chi connectivity index (χ1v) is 8.43. The van der Waals surface area contributed by atoms with E-state index in [0.29, 0.717) is 12.8 Å². The molecule has 0 aromatic rings. The first-order chi connectivity index (χ1) is 11.6. The van der Waals surface area contributed by atoms with Gasteiger partial charge in [-0.25, -0.2) is 0 Å². The average molecular weight is 333 g/mol. The maximum Gasteiger partial charge on any atom is 0.0724 e. The molecule has 4 heteroatoms. The number of aliphatic hydroxyl groups excluding tert-OH is 2. The number of carbonyl (C=O) groups excluding carboxylic acids is 1. The van der Waals surface area contributed by atoms with Crippen molar-refractivity contribution in [1.29, 1.82) is 0 Å². The van der Waals surface area contributed by atoms with Crippen LogP contribution in [0.2, 0.25) is 0 Å². The van der Waals surface area contributed by atoms with E-state index < -0.39 is 12.1 Å². The molecular weight excluding hydrogens is 304 g/mol. The third-order valence-electron chi connectivity index (χ3n) is 3.17. The third-order valence-corrected chi connectivity index (χ3v) is 3.17. The minimum atomic E-state index is -1.08. The fourth-order valence-electron chi connectivity index (χ4n) is 1.74. The van der Waals surface area contributed by atoms with Gasteiger partial charge in [0.1, 0.15) is 0 Å². The van der Waals surface area contributed by atoms with E-state index in [4.69, 9.17) is 0 Å². The molecule has 0 radical (unpaired) electrons. The van der Waals surface area contributed by atoms with Gasteiger partial charge in [-0.3, -0.25) is 0 Å². The minimum absolute atomic E-state index is 0.0189. The summed E-state index contributed by atoms with van der Waals surface area (Å²) in [6, 6.07) is 0. The molecule has 0 aliphatic heterocycles. The predicted molar refractivity (Wildman–Crippen MR) is 96.1 cm³/mol. The van der Waals surface area contributed by atoms with E-state index in [-0.39, 0.29) is 12.5 Å². The molecule has 0 saturated heterocycles. The molecule has 0 fully saturated rings. The van der Waals surface area contributed by atoms with Crippen LogP contribution >= 0.6 is 0 Å². The van der Waals surface area contributed by atoms with E-state index in [1.807, 2.05) is 37.3 Å². The van der Waals surface area contributed by atoms with Crippen LogP contribution in [0.4, 0.5) is 0 Å². The first kappa shape index (κ1) is 22.1.